The molecular weight excluding hydrogens is 428 g/mol. The molecule has 5 rings (SSSR count). The molecule has 0 saturated heterocycles. The lowest BCUT2D eigenvalue weighted by Gasteiger charge is -2.22. The van der Waals surface area contributed by atoms with Crippen molar-refractivity contribution in [3.05, 3.63) is 78.1 Å². The lowest BCUT2D eigenvalue weighted by Crippen LogP contribution is -2.36. The second-order valence-corrected chi connectivity index (χ2v) is 8.21. The zero-order chi connectivity index (χ0) is 23.5. The molecule has 0 aliphatic carbocycles. The fourth-order valence-corrected chi connectivity index (χ4v) is 3.96. The molecule has 0 spiro atoms. The van der Waals surface area contributed by atoms with Crippen molar-refractivity contribution in [2.45, 2.75) is 19.9 Å². The highest BCUT2D eigenvalue weighted by molar-refractivity contribution is 6.03. The Hall–Kier alpha value is -4.24. The van der Waals surface area contributed by atoms with Crippen molar-refractivity contribution in [1.82, 2.24) is 20.0 Å². The van der Waals surface area contributed by atoms with E-state index in [2.05, 4.69) is 40.0 Å². The number of pyridine rings is 1. The average molecular weight is 455 g/mol. The Morgan fingerprint density at radius 3 is 2.85 bits per heavy atom. The van der Waals surface area contributed by atoms with Crippen LogP contribution in [0.3, 0.4) is 0 Å². The Kier molecular flexibility index (Phi) is 5.92. The molecule has 0 fully saturated rings. The molecule has 0 unspecified atom stereocenters. The van der Waals surface area contributed by atoms with E-state index in [0.29, 0.717) is 30.3 Å². The van der Waals surface area contributed by atoms with Crippen LogP contribution in [0.4, 0.5) is 22.0 Å². The van der Waals surface area contributed by atoms with Gasteiger partial charge in [0.25, 0.3) is 0 Å². The first kappa shape index (κ1) is 21.6. The molecule has 0 saturated carbocycles. The third kappa shape index (κ3) is 4.46. The molecule has 0 radical (unpaired) electrons. The highest BCUT2D eigenvalue weighted by atomic mass is 16.2. The SMILES string of the molecule is Cc1cccc(-c2ccc3c(n2)N(C(=O)Nc2cccc(-n4cc(CN)nn4)c2)CCCN3)c1. The van der Waals surface area contributed by atoms with Crippen LogP contribution in [-0.4, -0.2) is 39.1 Å². The largest absolute Gasteiger partial charge is 0.382 e. The molecule has 4 aromatic rings. The van der Waals surface area contributed by atoms with E-state index >= 15 is 0 Å². The topological polar surface area (TPSA) is 114 Å². The number of aryl methyl sites for hydroxylation is 1. The summed E-state index contributed by atoms with van der Waals surface area (Å²) in [6, 6.07) is 19.4. The van der Waals surface area contributed by atoms with E-state index in [4.69, 9.17) is 10.7 Å². The van der Waals surface area contributed by atoms with E-state index in [1.54, 1.807) is 15.8 Å². The zero-order valence-corrected chi connectivity index (χ0v) is 18.9. The molecule has 1 aliphatic rings. The van der Waals surface area contributed by atoms with Gasteiger partial charge in [-0.3, -0.25) is 4.90 Å². The fraction of sp³-hybridized carbons (Fsp3) is 0.200. The standard InChI is InChI=1S/C25H26N8O/c1-17-5-2-6-18(13-17)22-9-10-23-24(29-22)32(12-4-11-27-23)25(34)28-19-7-3-8-21(14-19)33-16-20(15-26)30-31-33/h2-3,5-10,13-14,16,27H,4,11-12,15,26H2,1H3,(H,28,34). The van der Waals surface area contributed by atoms with E-state index in [9.17, 15) is 4.79 Å². The summed E-state index contributed by atoms with van der Waals surface area (Å²) >= 11 is 0. The Bertz CT molecular complexity index is 1330. The van der Waals surface area contributed by atoms with E-state index in [0.717, 1.165) is 41.2 Å². The summed E-state index contributed by atoms with van der Waals surface area (Å²) in [4.78, 5) is 20.0. The van der Waals surface area contributed by atoms with Crippen LogP contribution >= 0.6 is 0 Å². The number of urea groups is 1. The number of nitrogens with two attached hydrogens (primary N) is 1. The van der Waals surface area contributed by atoms with Crippen LogP contribution in [0.25, 0.3) is 16.9 Å². The van der Waals surface area contributed by atoms with Crippen molar-refractivity contribution < 1.29 is 4.79 Å². The first-order chi connectivity index (χ1) is 16.6. The lowest BCUT2D eigenvalue weighted by atomic mass is 10.1. The van der Waals surface area contributed by atoms with Crippen molar-refractivity contribution in [3.8, 4) is 16.9 Å². The molecule has 9 nitrogen and oxygen atoms in total. The molecule has 2 amide bonds. The summed E-state index contributed by atoms with van der Waals surface area (Å²) in [5.41, 5.74) is 11.6. The summed E-state index contributed by atoms with van der Waals surface area (Å²) < 4.78 is 1.64. The molecule has 172 valence electrons. The summed E-state index contributed by atoms with van der Waals surface area (Å²) in [6.45, 7) is 3.70. The Labute approximate surface area is 197 Å². The number of anilines is 3. The van der Waals surface area contributed by atoms with Gasteiger partial charge in [-0.05, 0) is 49.7 Å². The maximum Gasteiger partial charge on any atom is 0.327 e. The second-order valence-electron chi connectivity index (χ2n) is 8.21. The molecule has 1 aliphatic heterocycles. The van der Waals surface area contributed by atoms with Crippen molar-refractivity contribution in [1.29, 1.82) is 0 Å². The van der Waals surface area contributed by atoms with E-state index in [1.165, 1.54) is 0 Å². The number of aromatic nitrogens is 4. The maximum atomic E-state index is 13.4. The minimum absolute atomic E-state index is 0.239. The van der Waals surface area contributed by atoms with Crippen LogP contribution in [0, 0.1) is 6.92 Å². The van der Waals surface area contributed by atoms with Crippen LogP contribution in [-0.2, 0) is 6.54 Å². The van der Waals surface area contributed by atoms with Crippen molar-refractivity contribution in [3.63, 3.8) is 0 Å². The van der Waals surface area contributed by atoms with Gasteiger partial charge in [0.15, 0.2) is 5.82 Å². The molecule has 34 heavy (non-hydrogen) atoms. The van der Waals surface area contributed by atoms with E-state index < -0.39 is 0 Å². The van der Waals surface area contributed by atoms with Gasteiger partial charge in [-0.15, -0.1) is 5.10 Å². The molecular formula is C25H26N8O. The normalized spacial score (nSPS) is 13.1. The summed E-state index contributed by atoms with van der Waals surface area (Å²) in [5.74, 6) is 0.619. The van der Waals surface area contributed by atoms with Gasteiger partial charge in [0.1, 0.15) is 0 Å². The third-order valence-electron chi connectivity index (χ3n) is 5.68. The van der Waals surface area contributed by atoms with Gasteiger partial charge in [0.05, 0.1) is 29.0 Å². The molecule has 0 atom stereocenters. The molecule has 2 aromatic heterocycles. The number of fused-ring (bicyclic) bond motifs is 1. The Morgan fingerprint density at radius 1 is 1.15 bits per heavy atom. The van der Waals surface area contributed by atoms with Gasteiger partial charge in [0, 0.05) is 30.9 Å². The molecule has 4 N–H and O–H groups in total. The summed E-state index contributed by atoms with van der Waals surface area (Å²) in [5, 5.41) is 14.5. The fourth-order valence-electron chi connectivity index (χ4n) is 3.96. The summed E-state index contributed by atoms with van der Waals surface area (Å²) in [7, 11) is 0. The first-order valence-corrected chi connectivity index (χ1v) is 11.2. The number of nitrogens with one attached hydrogen (secondary N) is 2. The zero-order valence-electron chi connectivity index (χ0n) is 18.9. The van der Waals surface area contributed by atoms with Gasteiger partial charge in [0.2, 0.25) is 0 Å². The Morgan fingerprint density at radius 2 is 2.03 bits per heavy atom. The number of carbonyl (C=O) groups is 1. The maximum absolute atomic E-state index is 13.4. The van der Waals surface area contributed by atoms with Crippen LogP contribution in [0.2, 0.25) is 0 Å². The number of carbonyl (C=O) groups excluding carboxylic acids is 1. The monoisotopic (exact) mass is 454 g/mol. The van der Waals surface area contributed by atoms with Crippen LogP contribution in [0.5, 0.6) is 0 Å². The van der Waals surface area contributed by atoms with Gasteiger partial charge < -0.3 is 16.4 Å². The number of rotatable bonds is 4. The van der Waals surface area contributed by atoms with Gasteiger partial charge in [-0.25, -0.2) is 14.5 Å². The summed E-state index contributed by atoms with van der Waals surface area (Å²) in [6.07, 6.45) is 2.58. The first-order valence-electron chi connectivity index (χ1n) is 11.2. The second kappa shape index (κ2) is 9.32. The van der Waals surface area contributed by atoms with E-state index in [1.807, 2.05) is 48.5 Å². The number of nitrogens with zero attached hydrogens (tertiary/aromatic N) is 5. The quantitative estimate of drug-likeness (QED) is 0.430. The number of hydrogen-bond donors (Lipinski definition) is 3. The highest BCUT2D eigenvalue weighted by Gasteiger charge is 2.23. The lowest BCUT2D eigenvalue weighted by molar-refractivity contribution is 0.257. The third-order valence-corrected chi connectivity index (χ3v) is 5.68. The molecule has 3 heterocycles. The number of amides is 2. The van der Waals surface area contributed by atoms with E-state index in [-0.39, 0.29) is 6.03 Å². The Balaban J connectivity index is 1.42. The van der Waals surface area contributed by atoms with Gasteiger partial charge in [-0.2, -0.15) is 0 Å². The number of hydrogen-bond acceptors (Lipinski definition) is 6. The van der Waals surface area contributed by atoms with Gasteiger partial charge >= 0.3 is 6.03 Å². The van der Waals surface area contributed by atoms with Crippen LogP contribution in [0.1, 0.15) is 17.7 Å². The van der Waals surface area contributed by atoms with Crippen LogP contribution < -0.4 is 21.3 Å². The van der Waals surface area contributed by atoms with Crippen molar-refractivity contribution >= 4 is 23.2 Å². The van der Waals surface area contributed by atoms with Gasteiger partial charge in [-0.1, -0.05) is 35.0 Å². The van der Waals surface area contributed by atoms with Crippen LogP contribution in [0.15, 0.2) is 66.9 Å². The molecule has 9 heteroatoms. The predicted octanol–water partition coefficient (Wildman–Crippen LogP) is 3.95. The number of benzene rings is 2. The minimum Gasteiger partial charge on any atom is -0.382 e. The van der Waals surface area contributed by atoms with Crippen molar-refractivity contribution in [2.75, 3.05) is 28.6 Å². The smallest absolute Gasteiger partial charge is 0.327 e. The highest BCUT2D eigenvalue weighted by Crippen LogP contribution is 2.31. The van der Waals surface area contributed by atoms with Crippen molar-refractivity contribution in [2.24, 2.45) is 5.73 Å². The minimum atomic E-state index is -0.239. The average Bonchev–Trinajstić information content (AvgIpc) is 3.24. The predicted molar refractivity (Wildman–Crippen MR) is 133 cm³/mol. The molecule has 0 bridgehead atoms. The molecule has 2 aromatic carbocycles.